The lowest BCUT2D eigenvalue weighted by Crippen LogP contribution is -2.25. The Balaban J connectivity index is 1.45. The molecule has 8 nitrogen and oxygen atoms in total. The average molecular weight is 404 g/mol. The van der Waals surface area contributed by atoms with Gasteiger partial charge in [-0.2, -0.15) is 4.98 Å². The number of anilines is 4. The number of nitrogens with zero attached hydrogens (tertiary/aromatic N) is 2. The molecule has 4 N–H and O–H groups in total. The number of rotatable bonds is 5. The van der Waals surface area contributed by atoms with Crippen molar-refractivity contribution in [2.75, 3.05) is 17.7 Å². The van der Waals surface area contributed by atoms with E-state index in [0.717, 1.165) is 22.7 Å². The molecule has 3 heterocycles. The van der Waals surface area contributed by atoms with E-state index in [2.05, 4.69) is 30.9 Å². The van der Waals surface area contributed by atoms with E-state index in [1.807, 2.05) is 30.5 Å². The fraction of sp³-hybridized carbons (Fsp3) is 0.0952. The van der Waals surface area contributed by atoms with Gasteiger partial charge in [0.25, 0.3) is 5.91 Å². The Morgan fingerprint density at radius 1 is 1.20 bits per heavy atom. The molecule has 0 spiro atoms. The van der Waals surface area contributed by atoms with Crippen LogP contribution in [0.1, 0.15) is 15.9 Å². The van der Waals surface area contributed by atoms with Crippen molar-refractivity contribution in [1.29, 1.82) is 0 Å². The van der Waals surface area contributed by atoms with Crippen LogP contribution >= 0.6 is 0 Å². The van der Waals surface area contributed by atoms with E-state index < -0.39 is 5.82 Å². The predicted molar refractivity (Wildman–Crippen MR) is 111 cm³/mol. The van der Waals surface area contributed by atoms with E-state index in [1.54, 1.807) is 19.2 Å². The highest BCUT2D eigenvalue weighted by molar-refractivity contribution is 6.02. The standard InChI is InChI=1S/C21H17FN6O2/c1-23-20(29)18-13-10-30-17(13)5-4-15(18)27-21-25-9-14(22)19(28-21)26-12-3-2-11-6-7-24-16(11)8-12/h2-9,24H,10H2,1H3,(H,23,29)(H2,25,26,27,28). The molecule has 1 aliphatic rings. The molecule has 1 amide bonds. The minimum Gasteiger partial charge on any atom is -0.488 e. The maximum Gasteiger partial charge on any atom is 0.253 e. The minimum absolute atomic E-state index is 0.0205. The third kappa shape index (κ3) is 3.06. The summed E-state index contributed by atoms with van der Waals surface area (Å²) in [5.74, 6) is 0.000164. The maximum atomic E-state index is 14.3. The van der Waals surface area contributed by atoms with Gasteiger partial charge in [0.15, 0.2) is 11.6 Å². The van der Waals surface area contributed by atoms with E-state index in [9.17, 15) is 9.18 Å². The molecule has 2 aromatic heterocycles. The zero-order valence-corrected chi connectivity index (χ0v) is 15.9. The molecule has 0 fully saturated rings. The highest BCUT2D eigenvalue weighted by Gasteiger charge is 2.26. The summed E-state index contributed by atoms with van der Waals surface area (Å²) in [6, 6.07) is 11.1. The number of benzene rings is 2. The van der Waals surface area contributed by atoms with Crippen LogP contribution in [0, 0.1) is 5.82 Å². The third-order valence-electron chi connectivity index (χ3n) is 4.90. The Hall–Kier alpha value is -4.14. The van der Waals surface area contributed by atoms with Crippen LogP contribution in [-0.4, -0.2) is 27.9 Å². The van der Waals surface area contributed by atoms with Gasteiger partial charge >= 0.3 is 0 Å². The molecule has 0 atom stereocenters. The molecule has 0 saturated heterocycles. The number of hydrogen-bond donors (Lipinski definition) is 4. The van der Waals surface area contributed by atoms with Crippen LogP contribution in [-0.2, 0) is 6.61 Å². The normalized spacial score (nSPS) is 11.9. The molecular formula is C21H17FN6O2. The number of amides is 1. The van der Waals surface area contributed by atoms with Gasteiger partial charge < -0.3 is 25.7 Å². The summed E-state index contributed by atoms with van der Waals surface area (Å²) < 4.78 is 19.7. The van der Waals surface area contributed by atoms with Crippen LogP contribution in [0.15, 0.2) is 48.8 Å². The Morgan fingerprint density at radius 3 is 2.90 bits per heavy atom. The second kappa shape index (κ2) is 7.03. The van der Waals surface area contributed by atoms with Gasteiger partial charge in [0, 0.05) is 30.0 Å². The summed E-state index contributed by atoms with van der Waals surface area (Å²) in [7, 11) is 1.56. The number of halogens is 1. The van der Waals surface area contributed by atoms with Crippen molar-refractivity contribution in [2.24, 2.45) is 0 Å². The molecule has 0 radical (unpaired) electrons. The number of hydrogen-bond acceptors (Lipinski definition) is 6. The highest BCUT2D eigenvalue weighted by atomic mass is 19.1. The van der Waals surface area contributed by atoms with Crippen LogP contribution in [0.5, 0.6) is 5.75 Å². The summed E-state index contributed by atoms with van der Waals surface area (Å²) >= 11 is 0. The van der Waals surface area contributed by atoms with Crippen LogP contribution in [0.3, 0.4) is 0 Å². The zero-order valence-electron chi connectivity index (χ0n) is 15.9. The van der Waals surface area contributed by atoms with Crippen molar-refractivity contribution in [1.82, 2.24) is 20.3 Å². The molecule has 5 rings (SSSR count). The number of ether oxygens (including phenoxy) is 1. The van der Waals surface area contributed by atoms with Crippen LogP contribution in [0.4, 0.5) is 27.5 Å². The fourth-order valence-corrected chi connectivity index (χ4v) is 3.36. The Morgan fingerprint density at radius 2 is 2.10 bits per heavy atom. The molecule has 0 aliphatic carbocycles. The summed E-state index contributed by atoms with van der Waals surface area (Å²) in [5.41, 5.74) is 3.38. The highest BCUT2D eigenvalue weighted by Crippen LogP contribution is 2.37. The second-order valence-electron chi connectivity index (χ2n) is 6.75. The number of carbonyl (C=O) groups excluding carboxylic acids is 1. The molecule has 2 aromatic carbocycles. The fourth-order valence-electron chi connectivity index (χ4n) is 3.36. The molecule has 1 aliphatic heterocycles. The third-order valence-corrected chi connectivity index (χ3v) is 4.90. The smallest absolute Gasteiger partial charge is 0.253 e. The van der Waals surface area contributed by atoms with Crippen molar-refractivity contribution in [3.63, 3.8) is 0 Å². The van der Waals surface area contributed by atoms with E-state index >= 15 is 0 Å². The first-order valence-corrected chi connectivity index (χ1v) is 9.27. The summed E-state index contributed by atoms with van der Waals surface area (Å²) in [6.45, 7) is 0.353. The van der Waals surface area contributed by atoms with Crippen molar-refractivity contribution < 1.29 is 13.9 Å². The minimum atomic E-state index is -0.593. The monoisotopic (exact) mass is 404 g/mol. The van der Waals surface area contributed by atoms with Gasteiger partial charge in [-0.3, -0.25) is 4.79 Å². The molecule has 0 unspecified atom stereocenters. The quantitative estimate of drug-likeness (QED) is 0.403. The number of aromatic nitrogens is 3. The first-order chi connectivity index (χ1) is 14.6. The zero-order chi connectivity index (χ0) is 20.7. The van der Waals surface area contributed by atoms with E-state index in [-0.39, 0.29) is 17.7 Å². The first-order valence-electron chi connectivity index (χ1n) is 9.27. The van der Waals surface area contributed by atoms with Gasteiger partial charge in [-0.1, -0.05) is 6.07 Å². The number of H-pyrrole nitrogens is 1. The van der Waals surface area contributed by atoms with Crippen molar-refractivity contribution in [3.05, 3.63) is 65.7 Å². The molecular weight excluding hydrogens is 387 g/mol. The van der Waals surface area contributed by atoms with Crippen molar-refractivity contribution in [2.45, 2.75) is 6.61 Å². The second-order valence-corrected chi connectivity index (χ2v) is 6.75. The maximum absolute atomic E-state index is 14.3. The Bertz CT molecular complexity index is 1290. The summed E-state index contributed by atoms with van der Waals surface area (Å²) in [6.07, 6.45) is 2.92. The van der Waals surface area contributed by atoms with Gasteiger partial charge in [0.05, 0.1) is 17.4 Å². The van der Waals surface area contributed by atoms with E-state index in [1.165, 1.54) is 0 Å². The van der Waals surface area contributed by atoms with Gasteiger partial charge in [-0.15, -0.1) is 0 Å². The van der Waals surface area contributed by atoms with Crippen LogP contribution in [0.25, 0.3) is 10.9 Å². The van der Waals surface area contributed by atoms with Gasteiger partial charge in [-0.25, -0.2) is 9.37 Å². The topological polar surface area (TPSA) is 104 Å². The lowest BCUT2D eigenvalue weighted by Gasteiger charge is -2.25. The van der Waals surface area contributed by atoms with E-state index in [0.29, 0.717) is 29.3 Å². The SMILES string of the molecule is CNC(=O)c1c(Nc2ncc(F)c(Nc3ccc4cc[nH]c4c3)n2)ccc2c1CO2. The lowest BCUT2D eigenvalue weighted by atomic mass is 10.0. The van der Waals surface area contributed by atoms with Gasteiger partial charge in [0.1, 0.15) is 12.4 Å². The van der Waals surface area contributed by atoms with E-state index in [4.69, 9.17) is 4.74 Å². The van der Waals surface area contributed by atoms with Crippen molar-refractivity contribution >= 4 is 40.0 Å². The Labute approximate surface area is 170 Å². The van der Waals surface area contributed by atoms with Crippen LogP contribution in [0.2, 0.25) is 0 Å². The lowest BCUT2D eigenvalue weighted by molar-refractivity contribution is 0.0957. The predicted octanol–water partition coefficient (Wildman–Crippen LogP) is 3.84. The molecule has 0 saturated carbocycles. The van der Waals surface area contributed by atoms with Gasteiger partial charge in [0.2, 0.25) is 5.95 Å². The average Bonchev–Trinajstić information content (AvgIpc) is 3.19. The molecule has 4 aromatic rings. The molecule has 9 heteroatoms. The van der Waals surface area contributed by atoms with Crippen molar-refractivity contribution in [3.8, 4) is 5.75 Å². The summed E-state index contributed by atoms with van der Waals surface area (Å²) in [4.78, 5) is 23.7. The molecule has 0 bridgehead atoms. The molecule has 30 heavy (non-hydrogen) atoms. The number of nitrogens with one attached hydrogen (secondary N) is 4. The first kappa shape index (κ1) is 17.9. The molecule has 150 valence electrons. The number of aromatic amines is 1. The Kier molecular flexibility index (Phi) is 4.20. The summed E-state index contributed by atoms with van der Waals surface area (Å²) in [5, 5.41) is 9.67. The number of carbonyl (C=O) groups is 1. The largest absolute Gasteiger partial charge is 0.488 e. The number of fused-ring (bicyclic) bond motifs is 2. The van der Waals surface area contributed by atoms with Gasteiger partial charge in [-0.05, 0) is 35.7 Å². The van der Waals surface area contributed by atoms with Crippen LogP contribution < -0.4 is 20.7 Å².